The highest BCUT2D eigenvalue weighted by Crippen LogP contribution is 2.35. The van der Waals surface area contributed by atoms with E-state index in [1.807, 2.05) is 60.7 Å². The first-order chi connectivity index (χ1) is 19.3. The summed E-state index contributed by atoms with van der Waals surface area (Å²) in [6, 6.07) is 22.7. The third-order valence-corrected chi connectivity index (χ3v) is 9.08. The lowest BCUT2D eigenvalue weighted by atomic mass is 9.89. The summed E-state index contributed by atoms with van der Waals surface area (Å²) in [6.07, 6.45) is 1.98. The van der Waals surface area contributed by atoms with Gasteiger partial charge in [-0.05, 0) is 78.9 Å². The van der Waals surface area contributed by atoms with Gasteiger partial charge in [0.15, 0.2) is 0 Å². The second-order valence-electron chi connectivity index (χ2n) is 10.5. The molecule has 0 saturated carbocycles. The van der Waals surface area contributed by atoms with Crippen molar-refractivity contribution >= 4 is 52.9 Å². The van der Waals surface area contributed by atoms with Gasteiger partial charge in [0.25, 0.3) is 5.91 Å². The van der Waals surface area contributed by atoms with Crippen LogP contribution in [-0.2, 0) is 6.54 Å². The molecule has 1 amide bonds. The topological polar surface area (TPSA) is 82.5 Å². The van der Waals surface area contributed by atoms with Crippen molar-refractivity contribution in [1.82, 2.24) is 9.88 Å². The van der Waals surface area contributed by atoms with Gasteiger partial charge < -0.3 is 10.4 Å². The first-order valence-corrected chi connectivity index (χ1v) is 14.7. The number of rotatable bonds is 8. The Morgan fingerprint density at radius 2 is 1.73 bits per heavy atom. The second kappa shape index (κ2) is 13.6. The van der Waals surface area contributed by atoms with Crippen molar-refractivity contribution in [2.75, 3.05) is 18.4 Å². The summed E-state index contributed by atoms with van der Waals surface area (Å²) >= 11 is 8.14. The molecule has 214 valence electrons. The Labute approximate surface area is 255 Å². The van der Waals surface area contributed by atoms with Crippen LogP contribution in [0.5, 0.6) is 0 Å². The van der Waals surface area contributed by atoms with Gasteiger partial charge in [0, 0.05) is 23.2 Å². The zero-order valence-corrected chi connectivity index (χ0v) is 25.4. The Balaban J connectivity index is 0.00000387. The molecule has 0 unspecified atom stereocenters. The lowest BCUT2D eigenvalue weighted by molar-refractivity contribution is 0.0696. The van der Waals surface area contributed by atoms with Crippen molar-refractivity contribution in [3.05, 3.63) is 105 Å². The molecule has 1 aromatic heterocycles. The number of aromatic nitrogens is 1. The number of carboxylic acid groups (broad SMARTS) is 1. The molecule has 9 heteroatoms. The number of carbonyl (C=O) groups excluding carboxylic acids is 1. The Morgan fingerprint density at radius 3 is 2.37 bits per heavy atom. The predicted molar refractivity (Wildman–Crippen MR) is 169 cm³/mol. The molecule has 2 heterocycles. The molecule has 0 atom stereocenters. The van der Waals surface area contributed by atoms with E-state index in [0.29, 0.717) is 34.4 Å². The Bertz CT molecular complexity index is 1500. The highest BCUT2D eigenvalue weighted by Gasteiger charge is 2.23. The molecular weight excluding hydrogens is 577 g/mol. The van der Waals surface area contributed by atoms with Crippen LogP contribution in [0.2, 0.25) is 5.02 Å². The Hall–Kier alpha value is -3.23. The summed E-state index contributed by atoms with van der Waals surface area (Å²) in [5, 5.41) is 13.8. The van der Waals surface area contributed by atoms with Crippen molar-refractivity contribution in [3.8, 4) is 10.4 Å². The molecule has 0 spiro atoms. The van der Waals surface area contributed by atoms with Gasteiger partial charge in [-0.2, -0.15) is 0 Å². The summed E-state index contributed by atoms with van der Waals surface area (Å²) in [4.78, 5) is 32.5. The number of nitrogens with one attached hydrogen (secondary N) is 1. The molecule has 6 nitrogen and oxygen atoms in total. The Kier molecular flexibility index (Phi) is 10.2. The highest BCUT2D eigenvalue weighted by molar-refractivity contribution is 7.15. The number of benzene rings is 3. The summed E-state index contributed by atoms with van der Waals surface area (Å²) < 4.78 is 0. The quantitative estimate of drug-likeness (QED) is 0.210. The predicted octanol–water partition coefficient (Wildman–Crippen LogP) is 8.34. The number of carboxylic acids is 1. The molecule has 1 aliphatic heterocycles. The average molecular weight is 611 g/mol. The molecule has 1 fully saturated rings. The van der Waals surface area contributed by atoms with Crippen LogP contribution in [0.15, 0.2) is 72.8 Å². The summed E-state index contributed by atoms with van der Waals surface area (Å²) in [5.41, 5.74) is 4.58. The van der Waals surface area contributed by atoms with Crippen LogP contribution in [0, 0.1) is 0 Å². The molecular formula is C32H33Cl2N3O3S. The van der Waals surface area contributed by atoms with Gasteiger partial charge in [-0.1, -0.05) is 67.9 Å². The number of hydrogen-bond donors (Lipinski definition) is 2. The van der Waals surface area contributed by atoms with Gasteiger partial charge in [-0.3, -0.25) is 9.69 Å². The van der Waals surface area contributed by atoms with E-state index in [9.17, 15) is 9.59 Å². The minimum atomic E-state index is -0.903. The van der Waals surface area contributed by atoms with Gasteiger partial charge in [0.2, 0.25) is 0 Å². The fourth-order valence-electron chi connectivity index (χ4n) is 5.05. The van der Waals surface area contributed by atoms with E-state index >= 15 is 0 Å². The molecule has 0 radical (unpaired) electrons. The van der Waals surface area contributed by atoms with E-state index < -0.39 is 5.97 Å². The van der Waals surface area contributed by atoms with Gasteiger partial charge in [0.1, 0.15) is 5.69 Å². The van der Waals surface area contributed by atoms with Crippen molar-refractivity contribution < 1.29 is 14.7 Å². The van der Waals surface area contributed by atoms with Gasteiger partial charge in [0.05, 0.1) is 15.4 Å². The fraction of sp³-hybridized carbons (Fsp3) is 0.281. The van der Waals surface area contributed by atoms with Crippen molar-refractivity contribution in [1.29, 1.82) is 0 Å². The largest absolute Gasteiger partial charge is 0.478 e. The second-order valence-corrected chi connectivity index (χ2v) is 11.9. The third-order valence-electron chi connectivity index (χ3n) is 7.30. The number of amides is 1. The van der Waals surface area contributed by atoms with Crippen molar-refractivity contribution in [2.24, 2.45) is 0 Å². The summed E-state index contributed by atoms with van der Waals surface area (Å²) in [7, 11) is 0. The number of nitrogens with zero attached hydrogens (tertiary/aromatic N) is 2. The lowest BCUT2D eigenvalue weighted by Gasteiger charge is -2.32. The van der Waals surface area contributed by atoms with E-state index in [2.05, 4.69) is 24.1 Å². The third kappa shape index (κ3) is 7.35. The molecule has 4 aromatic rings. The SMILES string of the molecule is CC(C)c1nc(C(=O)Nc2ccc(Cl)c(CN3CCC(c4ccc(C(=O)O)cc4)CC3)c2)c(-c2ccccc2)s1.Cl. The number of carbonyl (C=O) groups is 2. The molecule has 0 aliphatic carbocycles. The maximum atomic E-state index is 13.4. The zero-order valence-electron chi connectivity index (χ0n) is 23.0. The lowest BCUT2D eigenvalue weighted by Crippen LogP contribution is -2.32. The molecule has 3 aromatic carbocycles. The van der Waals surface area contributed by atoms with Crippen LogP contribution >= 0.6 is 35.3 Å². The van der Waals surface area contributed by atoms with E-state index in [-0.39, 0.29) is 24.2 Å². The van der Waals surface area contributed by atoms with Crippen LogP contribution in [0.25, 0.3) is 10.4 Å². The number of halogens is 2. The number of anilines is 1. The van der Waals surface area contributed by atoms with E-state index in [1.165, 1.54) is 5.56 Å². The van der Waals surface area contributed by atoms with E-state index in [0.717, 1.165) is 46.9 Å². The normalized spacial score (nSPS) is 14.0. The number of aromatic carboxylic acids is 1. The van der Waals surface area contributed by atoms with Gasteiger partial charge in [-0.15, -0.1) is 23.7 Å². The molecule has 0 bridgehead atoms. The smallest absolute Gasteiger partial charge is 0.335 e. The van der Waals surface area contributed by atoms with Crippen LogP contribution in [0.3, 0.4) is 0 Å². The van der Waals surface area contributed by atoms with Crippen LogP contribution < -0.4 is 5.32 Å². The number of likely N-dealkylation sites (tertiary alicyclic amines) is 1. The fourth-order valence-corrected chi connectivity index (χ4v) is 6.30. The van der Waals surface area contributed by atoms with Crippen LogP contribution in [0.1, 0.15) is 75.5 Å². The van der Waals surface area contributed by atoms with Crippen molar-refractivity contribution in [2.45, 2.75) is 45.1 Å². The minimum Gasteiger partial charge on any atom is -0.478 e. The first-order valence-electron chi connectivity index (χ1n) is 13.5. The van der Waals surface area contributed by atoms with Crippen LogP contribution in [0.4, 0.5) is 5.69 Å². The number of piperidine rings is 1. The van der Waals surface area contributed by atoms with Gasteiger partial charge in [-0.25, -0.2) is 9.78 Å². The minimum absolute atomic E-state index is 0. The molecule has 1 saturated heterocycles. The molecule has 2 N–H and O–H groups in total. The highest BCUT2D eigenvalue weighted by atomic mass is 35.5. The monoisotopic (exact) mass is 609 g/mol. The summed E-state index contributed by atoms with van der Waals surface area (Å²) in [5.74, 6) is -0.498. The number of hydrogen-bond acceptors (Lipinski definition) is 5. The number of thiazole rings is 1. The average Bonchev–Trinajstić information content (AvgIpc) is 3.42. The maximum Gasteiger partial charge on any atom is 0.335 e. The zero-order chi connectivity index (χ0) is 28.2. The van der Waals surface area contributed by atoms with Crippen molar-refractivity contribution in [3.63, 3.8) is 0 Å². The molecule has 41 heavy (non-hydrogen) atoms. The standard InChI is InChI=1S/C32H32ClN3O3S.ClH/c1-20(2)31-35-28(29(40-31)23-6-4-3-5-7-23)30(37)34-26-12-13-27(33)25(18-26)19-36-16-14-22(15-17-36)21-8-10-24(11-9-21)32(38)39;/h3-13,18,20,22H,14-17,19H2,1-2H3,(H,34,37)(H,38,39);1H. The maximum absolute atomic E-state index is 13.4. The molecule has 5 rings (SSSR count). The summed E-state index contributed by atoms with van der Waals surface area (Å²) in [6.45, 7) is 6.68. The Morgan fingerprint density at radius 1 is 1.05 bits per heavy atom. The molecule has 1 aliphatic rings. The van der Waals surface area contributed by atoms with Gasteiger partial charge >= 0.3 is 5.97 Å². The van der Waals surface area contributed by atoms with E-state index in [4.69, 9.17) is 21.7 Å². The van der Waals surface area contributed by atoms with E-state index in [1.54, 1.807) is 23.5 Å². The first kappa shape index (κ1) is 30.7. The van der Waals surface area contributed by atoms with Crippen LogP contribution in [-0.4, -0.2) is 40.0 Å².